The molecule has 0 saturated carbocycles. The number of nitrogens with one attached hydrogen (secondary N) is 1. The van der Waals surface area contributed by atoms with E-state index in [0.717, 1.165) is 54.7 Å². The van der Waals surface area contributed by atoms with Crippen molar-refractivity contribution < 1.29 is 9.53 Å². The predicted octanol–water partition coefficient (Wildman–Crippen LogP) is 4.15. The van der Waals surface area contributed by atoms with Gasteiger partial charge in [-0.2, -0.15) is 0 Å². The fourth-order valence-electron chi connectivity index (χ4n) is 3.37. The number of ether oxygens (including phenoxy) is 1. The zero-order chi connectivity index (χ0) is 20.8. The lowest BCUT2D eigenvalue weighted by molar-refractivity contribution is -0.120. The van der Waals surface area contributed by atoms with Crippen LogP contribution in [0.15, 0.2) is 53.9 Å². The van der Waals surface area contributed by atoms with Gasteiger partial charge in [-0.1, -0.05) is 41.9 Å². The summed E-state index contributed by atoms with van der Waals surface area (Å²) in [6, 6.07) is 16.0. The minimum atomic E-state index is -0.0390. The van der Waals surface area contributed by atoms with Crippen LogP contribution in [-0.4, -0.2) is 42.1 Å². The maximum absolute atomic E-state index is 12.3. The van der Waals surface area contributed by atoms with Crippen LogP contribution in [0.2, 0.25) is 5.02 Å². The highest BCUT2D eigenvalue weighted by molar-refractivity contribution is 7.13. The summed E-state index contributed by atoms with van der Waals surface area (Å²) in [5.74, 6) is -0.0390. The monoisotopic (exact) mass is 441 g/mol. The first-order valence-electron chi connectivity index (χ1n) is 10.0. The minimum Gasteiger partial charge on any atom is -0.379 e. The Balaban J connectivity index is 1.33. The van der Waals surface area contributed by atoms with Crippen molar-refractivity contribution in [3.8, 4) is 10.6 Å². The molecule has 0 spiro atoms. The van der Waals surface area contributed by atoms with E-state index >= 15 is 0 Å². The second-order valence-electron chi connectivity index (χ2n) is 7.31. The van der Waals surface area contributed by atoms with Gasteiger partial charge in [0.15, 0.2) is 0 Å². The van der Waals surface area contributed by atoms with E-state index in [4.69, 9.17) is 16.3 Å². The summed E-state index contributed by atoms with van der Waals surface area (Å²) >= 11 is 7.47. The number of hydrogen-bond acceptors (Lipinski definition) is 5. The third-order valence-electron chi connectivity index (χ3n) is 4.98. The number of nitrogens with zero attached hydrogens (tertiary/aromatic N) is 2. The van der Waals surface area contributed by atoms with E-state index in [1.165, 1.54) is 5.56 Å². The van der Waals surface area contributed by atoms with E-state index in [0.29, 0.717) is 11.6 Å². The number of rotatable bonds is 7. The molecule has 1 aliphatic heterocycles. The van der Waals surface area contributed by atoms with Crippen LogP contribution in [0.1, 0.15) is 16.8 Å². The average molecular weight is 442 g/mol. The van der Waals surface area contributed by atoms with Crippen LogP contribution >= 0.6 is 22.9 Å². The van der Waals surface area contributed by atoms with Gasteiger partial charge in [-0.25, -0.2) is 4.98 Å². The molecule has 1 aliphatic rings. The molecule has 0 aliphatic carbocycles. The largest absolute Gasteiger partial charge is 0.379 e. The third kappa shape index (κ3) is 5.89. The molecule has 7 heteroatoms. The molecule has 3 aromatic rings. The normalized spacial score (nSPS) is 14.6. The molecular formula is C23H24ClN3O2S. The summed E-state index contributed by atoms with van der Waals surface area (Å²) in [5, 5.41) is 6.53. The van der Waals surface area contributed by atoms with Crippen LogP contribution in [0.3, 0.4) is 0 Å². The summed E-state index contributed by atoms with van der Waals surface area (Å²) in [6.07, 6.45) is 0.275. The van der Waals surface area contributed by atoms with E-state index in [1.54, 1.807) is 11.3 Å². The quantitative estimate of drug-likeness (QED) is 0.598. The van der Waals surface area contributed by atoms with Gasteiger partial charge in [0.1, 0.15) is 5.01 Å². The van der Waals surface area contributed by atoms with Crippen molar-refractivity contribution in [2.45, 2.75) is 19.5 Å². The van der Waals surface area contributed by atoms with Crippen molar-refractivity contribution in [3.63, 3.8) is 0 Å². The maximum Gasteiger partial charge on any atom is 0.226 e. The van der Waals surface area contributed by atoms with Crippen LogP contribution in [0.25, 0.3) is 10.6 Å². The lowest BCUT2D eigenvalue weighted by Gasteiger charge is -2.26. The highest BCUT2D eigenvalue weighted by Crippen LogP contribution is 2.25. The first-order valence-corrected chi connectivity index (χ1v) is 11.3. The average Bonchev–Trinajstić information content (AvgIpc) is 3.23. The van der Waals surface area contributed by atoms with Gasteiger partial charge < -0.3 is 10.1 Å². The van der Waals surface area contributed by atoms with Gasteiger partial charge in [-0.05, 0) is 29.3 Å². The number of carbonyl (C=O) groups excluding carboxylic acids is 1. The van der Waals surface area contributed by atoms with Crippen molar-refractivity contribution in [1.82, 2.24) is 15.2 Å². The summed E-state index contributed by atoms with van der Waals surface area (Å²) < 4.78 is 5.42. The molecule has 156 valence electrons. The molecule has 1 N–H and O–H groups in total. The number of amides is 1. The number of aromatic nitrogens is 1. The number of hydrogen-bond donors (Lipinski definition) is 1. The molecule has 1 amide bonds. The fourth-order valence-corrected chi connectivity index (χ4v) is 4.31. The molecule has 5 nitrogen and oxygen atoms in total. The maximum atomic E-state index is 12.3. The van der Waals surface area contributed by atoms with E-state index in [2.05, 4.69) is 39.5 Å². The van der Waals surface area contributed by atoms with E-state index < -0.39 is 0 Å². The van der Waals surface area contributed by atoms with Crippen molar-refractivity contribution >= 4 is 28.8 Å². The summed E-state index contributed by atoms with van der Waals surface area (Å²) in [4.78, 5) is 19.4. The first-order chi connectivity index (χ1) is 14.7. The van der Waals surface area contributed by atoms with Gasteiger partial charge in [0.2, 0.25) is 5.91 Å². The van der Waals surface area contributed by atoms with Gasteiger partial charge >= 0.3 is 0 Å². The number of halogens is 1. The Morgan fingerprint density at radius 2 is 1.93 bits per heavy atom. The van der Waals surface area contributed by atoms with Crippen LogP contribution < -0.4 is 5.32 Å². The molecule has 4 rings (SSSR count). The molecule has 2 aromatic carbocycles. The fraction of sp³-hybridized carbons (Fsp3) is 0.304. The number of morpholine rings is 1. The highest BCUT2D eigenvalue weighted by atomic mass is 35.5. The van der Waals surface area contributed by atoms with Gasteiger partial charge in [0.05, 0.1) is 25.3 Å². The molecule has 1 saturated heterocycles. The summed E-state index contributed by atoms with van der Waals surface area (Å²) in [7, 11) is 0. The zero-order valence-corrected chi connectivity index (χ0v) is 18.2. The molecule has 1 fully saturated rings. The molecule has 0 atom stereocenters. The Morgan fingerprint density at radius 1 is 1.13 bits per heavy atom. The number of carbonyl (C=O) groups is 1. The van der Waals surface area contributed by atoms with Gasteiger partial charge in [0.25, 0.3) is 0 Å². The van der Waals surface area contributed by atoms with Gasteiger partial charge in [-0.15, -0.1) is 11.3 Å². The number of thiazole rings is 1. The molecule has 2 heterocycles. The van der Waals surface area contributed by atoms with Crippen LogP contribution in [0.4, 0.5) is 0 Å². The van der Waals surface area contributed by atoms with Crippen molar-refractivity contribution in [3.05, 3.63) is 75.8 Å². The second kappa shape index (κ2) is 10.2. The lowest BCUT2D eigenvalue weighted by Crippen LogP contribution is -2.35. The van der Waals surface area contributed by atoms with E-state index in [9.17, 15) is 4.79 Å². The van der Waals surface area contributed by atoms with Crippen molar-refractivity contribution in [2.24, 2.45) is 0 Å². The Labute approximate surface area is 185 Å². The Kier molecular flexibility index (Phi) is 7.12. The molecule has 0 bridgehead atoms. The van der Waals surface area contributed by atoms with Gasteiger partial charge in [0, 0.05) is 42.1 Å². The lowest BCUT2D eigenvalue weighted by atomic mass is 10.1. The molecule has 0 radical (unpaired) electrons. The molecule has 30 heavy (non-hydrogen) atoms. The Morgan fingerprint density at radius 3 is 2.73 bits per heavy atom. The van der Waals surface area contributed by atoms with Crippen LogP contribution in [0, 0.1) is 0 Å². The second-order valence-corrected chi connectivity index (χ2v) is 8.61. The smallest absolute Gasteiger partial charge is 0.226 e. The van der Waals surface area contributed by atoms with Crippen LogP contribution in [0.5, 0.6) is 0 Å². The topological polar surface area (TPSA) is 54.5 Å². The third-order valence-corrected chi connectivity index (χ3v) is 6.17. The number of benzene rings is 2. The van der Waals surface area contributed by atoms with Crippen molar-refractivity contribution in [2.75, 3.05) is 26.3 Å². The Bertz CT molecular complexity index is 984. The SMILES string of the molecule is O=C(Cc1csc(-c2cccc(CN3CCOCC3)c2)n1)NCc1ccc(Cl)cc1. The van der Waals surface area contributed by atoms with Gasteiger partial charge in [-0.3, -0.25) is 9.69 Å². The highest BCUT2D eigenvalue weighted by Gasteiger charge is 2.13. The molecular weight excluding hydrogens is 418 g/mol. The first kappa shape index (κ1) is 21.0. The summed E-state index contributed by atoms with van der Waals surface area (Å²) in [6.45, 7) is 4.94. The molecule has 0 unspecified atom stereocenters. The standard InChI is InChI=1S/C23H24ClN3O2S/c24-20-6-4-17(5-7-20)14-25-22(28)13-21-16-30-23(26-21)19-3-1-2-18(12-19)15-27-8-10-29-11-9-27/h1-7,12,16H,8-11,13-15H2,(H,25,28). The van der Waals surface area contributed by atoms with Crippen molar-refractivity contribution in [1.29, 1.82) is 0 Å². The van der Waals surface area contributed by atoms with E-state index in [1.807, 2.05) is 29.6 Å². The Hall–Kier alpha value is -2.25. The van der Waals surface area contributed by atoms with E-state index in [-0.39, 0.29) is 12.3 Å². The predicted molar refractivity (Wildman–Crippen MR) is 121 cm³/mol. The summed E-state index contributed by atoms with van der Waals surface area (Å²) in [5.41, 5.74) is 4.18. The minimum absolute atomic E-state index is 0.0390. The molecule has 1 aromatic heterocycles. The zero-order valence-electron chi connectivity index (χ0n) is 16.6. The van der Waals surface area contributed by atoms with Crippen LogP contribution in [-0.2, 0) is 29.0 Å².